The maximum absolute atomic E-state index is 2.33. The van der Waals surface area contributed by atoms with E-state index in [1.165, 1.54) is 102 Å². The lowest BCUT2D eigenvalue weighted by Gasteiger charge is -2.02. The normalized spacial score (nSPS) is 11.4. The molecule has 0 heteroatoms. The molecule has 0 heterocycles. The molecule has 0 aliphatic rings. The minimum absolute atomic E-state index is 1.23. The van der Waals surface area contributed by atoms with Gasteiger partial charge in [0.2, 0.25) is 0 Å². The van der Waals surface area contributed by atoms with E-state index in [4.69, 9.17) is 0 Å². The Bertz CT molecular complexity index is 376. The fourth-order valence-electron chi connectivity index (χ4n) is 3.24. The van der Waals surface area contributed by atoms with Crippen molar-refractivity contribution in [2.24, 2.45) is 0 Å². The zero-order valence-electron chi connectivity index (χ0n) is 16.1. The summed E-state index contributed by atoms with van der Waals surface area (Å²) in [6, 6.07) is 10.6. The quantitative estimate of drug-likeness (QED) is 0.266. The molecular formula is C24H40. The fraction of sp³-hybridized carbons (Fsp3) is 0.667. The number of hydrogen-bond acceptors (Lipinski definition) is 0. The minimum atomic E-state index is 1.23. The summed E-state index contributed by atoms with van der Waals surface area (Å²) in [7, 11) is 0. The van der Waals surface area contributed by atoms with E-state index in [0.717, 1.165) is 0 Å². The van der Waals surface area contributed by atoms with Gasteiger partial charge in [0, 0.05) is 0 Å². The van der Waals surface area contributed by atoms with E-state index in [-0.39, 0.29) is 0 Å². The molecule has 0 saturated carbocycles. The van der Waals surface area contributed by atoms with Crippen molar-refractivity contribution in [2.75, 3.05) is 0 Å². The van der Waals surface area contributed by atoms with Gasteiger partial charge in [-0.15, -0.1) is 0 Å². The van der Waals surface area contributed by atoms with Crippen LogP contribution in [0.4, 0.5) is 0 Å². The van der Waals surface area contributed by atoms with Gasteiger partial charge in [0.15, 0.2) is 0 Å². The Labute approximate surface area is 151 Å². The van der Waals surface area contributed by atoms with Crippen molar-refractivity contribution in [2.45, 2.75) is 103 Å². The summed E-state index contributed by atoms with van der Waals surface area (Å²) < 4.78 is 0. The molecule has 1 rings (SSSR count). The molecule has 0 amide bonds. The van der Waals surface area contributed by atoms with Crippen LogP contribution < -0.4 is 0 Å². The molecule has 0 aromatic heterocycles. The van der Waals surface area contributed by atoms with Gasteiger partial charge < -0.3 is 0 Å². The van der Waals surface area contributed by atoms with Crippen LogP contribution >= 0.6 is 0 Å². The molecule has 0 bridgehead atoms. The molecule has 0 spiro atoms. The highest BCUT2D eigenvalue weighted by Crippen LogP contribution is 2.13. The van der Waals surface area contributed by atoms with Crippen LogP contribution in [0.3, 0.4) is 0 Å². The lowest BCUT2D eigenvalue weighted by Crippen LogP contribution is -1.83. The van der Waals surface area contributed by atoms with Gasteiger partial charge in [-0.25, -0.2) is 0 Å². The summed E-state index contributed by atoms with van der Waals surface area (Å²) in [6.07, 6.45) is 25.9. The second kappa shape index (κ2) is 16.8. The Morgan fingerprint density at radius 1 is 0.583 bits per heavy atom. The van der Waals surface area contributed by atoms with Crippen LogP contribution in [0.2, 0.25) is 0 Å². The van der Waals surface area contributed by atoms with Crippen molar-refractivity contribution in [3.8, 4) is 0 Å². The van der Waals surface area contributed by atoms with Crippen molar-refractivity contribution in [3.63, 3.8) is 0 Å². The maximum Gasteiger partial charge on any atom is -0.0260 e. The molecule has 0 nitrogen and oxygen atoms in total. The summed E-state index contributed by atoms with van der Waals surface area (Å²) in [5, 5.41) is 0. The van der Waals surface area contributed by atoms with E-state index in [1.54, 1.807) is 0 Å². The summed E-state index contributed by atoms with van der Waals surface area (Å²) in [4.78, 5) is 0. The van der Waals surface area contributed by atoms with Crippen molar-refractivity contribution < 1.29 is 0 Å². The van der Waals surface area contributed by atoms with Crippen LogP contribution in [0.1, 0.15) is 109 Å². The fourth-order valence-corrected chi connectivity index (χ4v) is 3.24. The smallest absolute Gasteiger partial charge is 0.0260 e. The molecule has 0 unspecified atom stereocenters. The Kier molecular flexibility index (Phi) is 14.7. The molecule has 0 atom stereocenters. The molecule has 0 fully saturated rings. The van der Waals surface area contributed by atoms with Crippen molar-refractivity contribution in [3.05, 3.63) is 42.0 Å². The molecular weight excluding hydrogens is 288 g/mol. The van der Waals surface area contributed by atoms with E-state index in [1.807, 2.05) is 0 Å². The molecule has 136 valence electrons. The first-order chi connectivity index (χ1) is 11.9. The van der Waals surface area contributed by atoms with Crippen molar-refractivity contribution in [1.82, 2.24) is 0 Å². The maximum atomic E-state index is 2.33. The van der Waals surface area contributed by atoms with Crippen LogP contribution in [0.5, 0.6) is 0 Å². The molecule has 1 aromatic carbocycles. The molecule has 0 N–H and O–H groups in total. The van der Waals surface area contributed by atoms with Crippen LogP contribution in [0, 0.1) is 0 Å². The molecule has 1 aromatic rings. The van der Waals surface area contributed by atoms with Gasteiger partial charge in [-0.3, -0.25) is 0 Å². The van der Waals surface area contributed by atoms with E-state index in [0.29, 0.717) is 0 Å². The molecule has 0 radical (unpaired) electrons. The highest BCUT2D eigenvalue weighted by atomic mass is 14.0. The van der Waals surface area contributed by atoms with Gasteiger partial charge in [0.05, 0.1) is 0 Å². The van der Waals surface area contributed by atoms with Gasteiger partial charge >= 0.3 is 0 Å². The summed E-state index contributed by atoms with van der Waals surface area (Å²) in [6.45, 7) is 2.29. The molecule has 0 saturated heterocycles. The van der Waals surface area contributed by atoms with Crippen molar-refractivity contribution in [1.29, 1.82) is 0 Å². The first-order valence-electron chi connectivity index (χ1n) is 10.6. The monoisotopic (exact) mass is 328 g/mol. The topological polar surface area (TPSA) is 0 Å². The van der Waals surface area contributed by atoms with E-state index in [2.05, 4.69) is 49.4 Å². The minimum Gasteiger partial charge on any atom is -0.0839 e. The number of unbranched alkanes of at least 4 members (excludes halogenated alkanes) is 14. The first-order valence-corrected chi connectivity index (χ1v) is 10.6. The number of rotatable bonds is 16. The van der Waals surface area contributed by atoms with Crippen LogP contribution in [0.15, 0.2) is 36.4 Å². The zero-order chi connectivity index (χ0) is 17.1. The Balaban J connectivity index is 1.75. The number of benzene rings is 1. The summed E-state index contributed by atoms with van der Waals surface area (Å²) in [5.41, 5.74) is 1.32. The number of allylic oxidation sites excluding steroid dienone is 1. The predicted molar refractivity (Wildman–Crippen MR) is 110 cm³/mol. The highest BCUT2D eigenvalue weighted by Gasteiger charge is 1.93. The largest absolute Gasteiger partial charge is 0.0839 e. The standard InChI is InChI=1S/C24H40/c1-2-3-4-5-6-7-8-9-10-11-12-13-14-15-16-18-21-24-22-19-17-20-23-24/h17-23H,2-16H2,1H3. The molecule has 0 aliphatic carbocycles. The third kappa shape index (κ3) is 13.4. The predicted octanol–water partition coefficient (Wildman–Crippen LogP) is 8.57. The second-order valence-electron chi connectivity index (χ2n) is 7.20. The molecule has 24 heavy (non-hydrogen) atoms. The zero-order valence-corrected chi connectivity index (χ0v) is 16.1. The lowest BCUT2D eigenvalue weighted by molar-refractivity contribution is 0.536. The Morgan fingerprint density at radius 2 is 1.04 bits per heavy atom. The van der Waals surface area contributed by atoms with Crippen LogP contribution in [-0.4, -0.2) is 0 Å². The van der Waals surface area contributed by atoms with Gasteiger partial charge in [-0.2, -0.15) is 0 Å². The highest BCUT2D eigenvalue weighted by molar-refractivity contribution is 5.48. The van der Waals surface area contributed by atoms with Gasteiger partial charge in [-0.1, -0.05) is 133 Å². The van der Waals surface area contributed by atoms with Gasteiger partial charge in [0.25, 0.3) is 0 Å². The van der Waals surface area contributed by atoms with Crippen LogP contribution in [0.25, 0.3) is 6.08 Å². The average molecular weight is 329 g/mol. The van der Waals surface area contributed by atoms with Gasteiger partial charge in [-0.05, 0) is 18.4 Å². The molecule has 0 aliphatic heterocycles. The Morgan fingerprint density at radius 3 is 1.54 bits per heavy atom. The van der Waals surface area contributed by atoms with E-state index >= 15 is 0 Å². The third-order valence-electron chi connectivity index (χ3n) is 4.83. The number of hydrogen-bond donors (Lipinski definition) is 0. The van der Waals surface area contributed by atoms with Crippen LogP contribution in [-0.2, 0) is 0 Å². The first kappa shape index (κ1) is 21.0. The van der Waals surface area contributed by atoms with Crippen molar-refractivity contribution >= 4 is 6.08 Å². The summed E-state index contributed by atoms with van der Waals surface area (Å²) >= 11 is 0. The second-order valence-corrected chi connectivity index (χ2v) is 7.20. The third-order valence-corrected chi connectivity index (χ3v) is 4.83. The SMILES string of the molecule is CCCCCCCCCCCCCCCCC=Cc1ccccc1. The Hall–Kier alpha value is -1.04. The van der Waals surface area contributed by atoms with Gasteiger partial charge in [0.1, 0.15) is 0 Å². The van der Waals surface area contributed by atoms with E-state index in [9.17, 15) is 0 Å². The van der Waals surface area contributed by atoms with E-state index < -0.39 is 0 Å². The average Bonchev–Trinajstić information content (AvgIpc) is 2.62. The lowest BCUT2D eigenvalue weighted by atomic mass is 10.0. The summed E-state index contributed by atoms with van der Waals surface area (Å²) in [5.74, 6) is 0.